The Morgan fingerprint density at radius 1 is 1.16 bits per heavy atom. The van der Waals surface area contributed by atoms with Gasteiger partial charge in [-0.1, -0.05) is 29.8 Å². The van der Waals surface area contributed by atoms with E-state index in [2.05, 4.69) is 15.2 Å². The van der Waals surface area contributed by atoms with Crippen molar-refractivity contribution in [1.82, 2.24) is 15.2 Å². The molecule has 1 aromatic heterocycles. The maximum absolute atomic E-state index is 11.6. The van der Waals surface area contributed by atoms with E-state index in [1.165, 1.54) is 0 Å². The molecule has 2 rings (SSSR count). The zero-order chi connectivity index (χ0) is 13.8. The lowest BCUT2D eigenvalue weighted by Gasteiger charge is -2.05. The first-order valence-electron chi connectivity index (χ1n) is 6.07. The Bertz CT molecular complexity index is 594. The van der Waals surface area contributed by atoms with E-state index in [-0.39, 0.29) is 5.69 Å². The molecule has 0 N–H and O–H groups in total. The van der Waals surface area contributed by atoms with E-state index in [4.69, 9.17) is 4.74 Å². The maximum Gasteiger partial charge on any atom is 0.360 e. The molecule has 98 valence electrons. The molecule has 1 heterocycles. The number of rotatable bonds is 3. The topological polar surface area (TPSA) is 65.0 Å². The number of nitrogens with zero attached hydrogens (tertiary/aromatic N) is 3. The Morgan fingerprint density at radius 2 is 1.84 bits per heavy atom. The number of benzene rings is 1. The first kappa shape index (κ1) is 13.1. The Morgan fingerprint density at radius 3 is 2.42 bits per heavy atom. The number of aromatic nitrogens is 3. The smallest absolute Gasteiger partial charge is 0.360 e. The molecule has 0 aliphatic rings. The Hall–Kier alpha value is -2.30. The number of ether oxygens (including phenoxy) is 1. The molecule has 0 saturated heterocycles. The zero-order valence-electron chi connectivity index (χ0n) is 11.2. The van der Waals surface area contributed by atoms with Crippen LogP contribution in [0.3, 0.4) is 0 Å². The Balaban J connectivity index is 2.33. The van der Waals surface area contributed by atoms with Crippen molar-refractivity contribution in [3.05, 3.63) is 41.2 Å². The third-order valence-electron chi connectivity index (χ3n) is 2.64. The summed E-state index contributed by atoms with van der Waals surface area (Å²) in [6.45, 7) is 5.78. The first-order chi connectivity index (χ1) is 9.11. The van der Waals surface area contributed by atoms with E-state index in [9.17, 15) is 4.79 Å². The summed E-state index contributed by atoms with van der Waals surface area (Å²) >= 11 is 0. The van der Waals surface area contributed by atoms with Gasteiger partial charge in [-0.3, -0.25) is 0 Å². The molecule has 0 bridgehead atoms. The van der Waals surface area contributed by atoms with Crippen LogP contribution in [-0.2, 0) is 4.74 Å². The van der Waals surface area contributed by atoms with Crippen LogP contribution in [0.5, 0.6) is 0 Å². The van der Waals surface area contributed by atoms with E-state index >= 15 is 0 Å². The molecule has 5 nitrogen and oxygen atoms in total. The van der Waals surface area contributed by atoms with Crippen LogP contribution in [0, 0.1) is 13.8 Å². The van der Waals surface area contributed by atoms with Gasteiger partial charge in [-0.25, -0.2) is 9.78 Å². The van der Waals surface area contributed by atoms with Crippen molar-refractivity contribution < 1.29 is 9.53 Å². The molecular formula is C14H15N3O2. The summed E-state index contributed by atoms with van der Waals surface area (Å²) in [4.78, 5) is 15.9. The molecule has 0 amide bonds. The van der Waals surface area contributed by atoms with Gasteiger partial charge < -0.3 is 4.74 Å². The highest BCUT2D eigenvalue weighted by atomic mass is 16.5. The summed E-state index contributed by atoms with van der Waals surface area (Å²) in [5.41, 5.74) is 2.72. The van der Waals surface area contributed by atoms with Gasteiger partial charge in [0.25, 0.3) is 0 Å². The molecule has 2 aromatic rings. The van der Waals surface area contributed by atoms with E-state index < -0.39 is 5.97 Å². The number of hydrogen-bond donors (Lipinski definition) is 0. The normalized spacial score (nSPS) is 10.3. The number of carbonyl (C=O) groups is 1. The highest BCUT2D eigenvalue weighted by Gasteiger charge is 2.15. The standard InChI is InChI=1S/C14H15N3O2/c1-4-19-14(18)12-10(3)15-13(17-16-12)11-7-5-9(2)6-8-11/h5-8H,4H2,1-3H3. The summed E-state index contributed by atoms with van der Waals surface area (Å²) < 4.78 is 4.89. The minimum atomic E-state index is -0.490. The zero-order valence-corrected chi connectivity index (χ0v) is 11.2. The minimum absolute atomic E-state index is 0.165. The van der Waals surface area contributed by atoms with Gasteiger partial charge >= 0.3 is 5.97 Å². The molecular weight excluding hydrogens is 242 g/mol. The minimum Gasteiger partial charge on any atom is -0.461 e. The van der Waals surface area contributed by atoms with Crippen LogP contribution < -0.4 is 0 Å². The van der Waals surface area contributed by atoms with Crippen molar-refractivity contribution in [2.75, 3.05) is 6.61 Å². The van der Waals surface area contributed by atoms with Gasteiger partial charge in [-0.05, 0) is 20.8 Å². The van der Waals surface area contributed by atoms with Crippen molar-refractivity contribution in [2.24, 2.45) is 0 Å². The summed E-state index contributed by atoms with van der Waals surface area (Å²) in [5, 5.41) is 7.89. The summed E-state index contributed by atoms with van der Waals surface area (Å²) in [5.74, 6) is 0.0148. The lowest BCUT2D eigenvalue weighted by Crippen LogP contribution is -2.12. The largest absolute Gasteiger partial charge is 0.461 e. The maximum atomic E-state index is 11.6. The monoisotopic (exact) mass is 257 g/mol. The van der Waals surface area contributed by atoms with Gasteiger partial charge in [0.2, 0.25) is 0 Å². The van der Waals surface area contributed by atoms with Gasteiger partial charge in [0.05, 0.1) is 12.3 Å². The first-order valence-corrected chi connectivity index (χ1v) is 6.07. The fraction of sp³-hybridized carbons (Fsp3) is 0.286. The molecule has 19 heavy (non-hydrogen) atoms. The van der Waals surface area contributed by atoms with Gasteiger partial charge in [-0.15, -0.1) is 10.2 Å². The van der Waals surface area contributed by atoms with Crippen molar-refractivity contribution in [3.8, 4) is 11.4 Å². The molecule has 0 saturated carbocycles. The lowest BCUT2D eigenvalue weighted by molar-refractivity contribution is 0.0516. The van der Waals surface area contributed by atoms with Crippen LogP contribution in [0.25, 0.3) is 11.4 Å². The van der Waals surface area contributed by atoms with Crippen LogP contribution in [0.15, 0.2) is 24.3 Å². The van der Waals surface area contributed by atoms with Crippen LogP contribution in [0.1, 0.15) is 28.7 Å². The number of carbonyl (C=O) groups excluding carboxylic acids is 1. The predicted octanol–water partition coefficient (Wildman–Crippen LogP) is 2.33. The van der Waals surface area contributed by atoms with E-state index in [1.54, 1.807) is 13.8 Å². The molecule has 0 aliphatic carbocycles. The fourth-order valence-electron chi connectivity index (χ4n) is 1.62. The van der Waals surface area contributed by atoms with E-state index in [1.807, 2.05) is 31.2 Å². The molecule has 0 aliphatic heterocycles. The molecule has 0 atom stereocenters. The fourth-order valence-corrected chi connectivity index (χ4v) is 1.62. The highest BCUT2D eigenvalue weighted by molar-refractivity contribution is 5.88. The SMILES string of the molecule is CCOC(=O)c1nnc(-c2ccc(C)cc2)nc1C. The van der Waals surface area contributed by atoms with E-state index in [0.29, 0.717) is 18.1 Å². The van der Waals surface area contributed by atoms with Crippen molar-refractivity contribution in [3.63, 3.8) is 0 Å². The summed E-state index contributed by atoms with van der Waals surface area (Å²) in [6.07, 6.45) is 0. The Kier molecular flexibility index (Phi) is 3.85. The van der Waals surface area contributed by atoms with Crippen LogP contribution in [0.4, 0.5) is 0 Å². The molecule has 0 unspecified atom stereocenters. The average Bonchev–Trinajstić information content (AvgIpc) is 2.39. The van der Waals surface area contributed by atoms with E-state index in [0.717, 1.165) is 11.1 Å². The van der Waals surface area contributed by atoms with Crippen LogP contribution >= 0.6 is 0 Å². The molecule has 0 spiro atoms. The van der Waals surface area contributed by atoms with Crippen LogP contribution in [0.2, 0.25) is 0 Å². The predicted molar refractivity (Wildman–Crippen MR) is 70.7 cm³/mol. The van der Waals surface area contributed by atoms with Crippen LogP contribution in [-0.4, -0.2) is 27.8 Å². The number of hydrogen-bond acceptors (Lipinski definition) is 5. The third-order valence-corrected chi connectivity index (χ3v) is 2.64. The highest BCUT2D eigenvalue weighted by Crippen LogP contribution is 2.15. The molecule has 0 radical (unpaired) electrons. The summed E-state index contributed by atoms with van der Waals surface area (Å²) in [7, 11) is 0. The van der Waals surface area contributed by atoms with Gasteiger partial charge in [0, 0.05) is 5.56 Å². The van der Waals surface area contributed by atoms with Crippen molar-refractivity contribution in [2.45, 2.75) is 20.8 Å². The lowest BCUT2D eigenvalue weighted by atomic mass is 10.1. The second kappa shape index (κ2) is 5.56. The van der Waals surface area contributed by atoms with Crippen molar-refractivity contribution in [1.29, 1.82) is 0 Å². The molecule has 5 heteroatoms. The third kappa shape index (κ3) is 2.93. The van der Waals surface area contributed by atoms with Gasteiger partial charge in [-0.2, -0.15) is 0 Å². The number of aryl methyl sites for hydroxylation is 2. The average molecular weight is 257 g/mol. The summed E-state index contributed by atoms with van der Waals surface area (Å²) in [6, 6.07) is 7.81. The van der Waals surface area contributed by atoms with Crippen molar-refractivity contribution >= 4 is 5.97 Å². The second-order valence-electron chi connectivity index (χ2n) is 4.16. The molecule has 0 fully saturated rings. The second-order valence-corrected chi connectivity index (χ2v) is 4.16. The van der Waals surface area contributed by atoms with Gasteiger partial charge in [0.15, 0.2) is 11.5 Å². The molecule has 1 aromatic carbocycles. The van der Waals surface area contributed by atoms with Gasteiger partial charge in [0.1, 0.15) is 0 Å². The number of esters is 1. The quantitative estimate of drug-likeness (QED) is 0.789. The Labute approximate surface area is 111 Å².